The van der Waals surface area contributed by atoms with Crippen molar-refractivity contribution in [1.82, 2.24) is 4.90 Å². The topological polar surface area (TPSA) is 135 Å². The van der Waals surface area contributed by atoms with Gasteiger partial charge in [0.1, 0.15) is 5.75 Å². The van der Waals surface area contributed by atoms with Crippen LogP contribution in [-0.4, -0.2) is 39.4 Å². The zero-order valence-electron chi connectivity index (χ0n) is 23.1. The lowest BCUT2D eigenvalue weighted by atomic mass is 9.44. The standard InChI is InChI=1S/C35H28N2O6/c36-34(43)37-32(41)23-16-15-21-25(29(23)33(37)42)17-26-31(40)24(19-9-3-1-4-10-19)18-28(39)35(26,20-11-5-2-6-12-20)30(21)22-13-7-8-14-27(22)38/h1-15,18,23,25-26,29-30,38H,16-17H2,(H2,36,43). The van der Waals surface area contributed by atoms with Gasteiger partial charge < -0.3 is 10.8 Å². The molecule has 1 saturated carbocycles. The van der Waals surface area contributed by atoms with E-state index in [0.717, 1.165) is 0 Å². The second kappa shape index (κ2) is 9.73. The Hall–Kier alpha value is -5.11. The number of urea groups is 1. The Kier molecular flexibility index (Phi) is 6.06. The van der Waals surface area contributed by atoms with Crippen molar-refractivity contribution in [2.45, 2.75) is 24.2 Å². The van der Waals surface area contributed by atoms with E-state index >= 15 is 0 Å². The fraction of sp³-hybridized carbons (Fsp3) is 0.229. The van der Waals surface area contributed by atoms with Crippen LogP contribution < -0.4 is 5.73 Å². The van der Waals surface area contributed by atoms with Gasteiger partial charge in [-0.05, 0) is 42.0 Å². The SMILES string of the molecule is NC(=O)N1C(=O)C2CC=C3C(CC4C(=O)C(c5ccccc5)=CC(=O)C4(c4ccccc4)C3c3ccccc3O)C2C1=O. The summed E-state index contributed by atoms with van der Waals surface area (Å²) in [5.74, 6) is -6.02. The van der Waals surface area contributed by atoms with Gasteiger partial charge in [0.05, 0.1) is 17.3 Å². The molecule has 6 unspecified atom stereocenters. The van der Waals surface area contributed by atoms with Gasteiger partial charge >= 0.3 is 6.03 Å². The number of Topliss-reactive ketones (excluding diaryl/α,β-unsaturated/α-hetero) is 1. The van der Waals surface area contributed by atoms with Crippen molar-refractivity contribution < 1.29 is 29.1 Å². The van der Waals surface area contributed by atoms with E-state index in [-0.39, 0.29) is 35.7 Å². The summed E-state index contributed by atoms with van der Waals surface area (Å²) in [7, 11) is 0. The number of nitrogens with zero attached hydrogens (tertiary/aromatic N) is 1. The highest BCUT2D eigenvalue weighted by Gasteiger charge is 2.66. The van der Waals surface area contributed by atoms with Gasteiger partial charge in [0.25, 0.3) is 0 Å². The Bertz CT molecular complexity index is 1780. The lowest BCUT2D eigenvalue weighted by molar-refractivity contribution is -0.137. The first-order valence-corrected chi connectivity index (χ1v) is 14.3. The van der Waals surface area contributed by atoms with Crippen LogP contribution in [0.2, 0.25) is 0 Å². The Labute approximate surface area is 247 Å². The van der Waals surface area contributed by atoms with E-state index in [1.165, 1.54) is 12.1 Å². The number of fused-ring (bicyclic) bond motifs is 4. The van der Waals surface area contributed by atoms with Crippen molar-refractivity contribution in [2.24, 2.45) is 29.4 Å². The minimum atomic E-state index is -1.43. The van der Waals surface area contributed by atoms with E-state index in [1.807, 2.05) is 42.5 Å². The maximum atomic E-state index is 14.8. The van der Waals surface area contributed by atoms with Crippen LogP contribution in [0.15, 0.2) is 103 Å². The Morgan fingerprint density at radius 1 is 0.837 bits per heavy atom. The number of phenolic OH excluding ortho intramolecular Hbond substituents is 1. The zero-order chi connectivity index (χ0) is 30.0. The molecule has 214 valence electrons. The number of benzene rings is 3. The average molecular weight is 573 g/mol. The third kappa shape index (κ3) is 3.65. The second-order valence-corrected chi connectivity index (χ2v) is 11.7. The normalized spacial score (nSPS) is 29.8. The minimum absolute atomic E-state index is 0.0455. The van der Waals surface area contributed by atoms with Crippen molar-refractivity contribution >= 4 is 35.0 Å². The summed E-state index contributed by atoms with van der Waals surface area (Å²) < 4.78 is 0. The third-order valence-electron chi connectivity index (χ3n) is 9.84. The first-order chi connectivity index (χ1) is 20.8. The molecule has 6 atom stereocenters. The van der Waals surface area contributed by atoms with Gasteiger partial charge in [-0.15, -0.1) is 0 Å². The van der Waals surface area contributed by atoms with E-state index in [2.05, 4.69) is 0 Å². The molecule has 4 aliphatic rings. The quantitative estimate of drug-likeness (QED) is 0.355. The van der Waals surface area contributed by atoms with Gasteiger partial charge in [-0.2, -0.15) is 4.90 Å². The number of likely N-dealkylation sites (tertiary alicyclic amines) is 1. The maximum Gasteiger partial charge on any atom is 0.328 e. The molecule has 7 rings (SSSR count). The molecule has 8 heteroatoms. The molecule has 0 bridgehead atoms. The Morgan fingerprint density at radius 2 is 1.49 bits per heavy atom. The van der Waals surface area contributed by atoms with Gasteiger partial charge in [0, 0.05) is 23.0 Å². The molecule has 1 saturated heterocycles. The molecule has 43 heavy (non-hydrogen) atoms. The number of carbonyl (C=O) groups is 5. The number of ketones is 2. The summed E-state index contributed by atoms with van der Waals surface area (Å²) in [6.45, 7) is 0. The maximum absolute atomic E-state index is 14.8. The molecule has 4 amide bonds. The summed E-state index contributed by atoms with van der Waals surface area (Å²) >= 11 is 0. The summed E-state index contributed by atoms with van der Waals surface area (Å²) in [5.41, 5.74) is 6.70. The summed E-state index contributed by atoms with van der Waals surface area (Å²) in [6, 6.07) is 23.7. The lowest BCUT2D eigenvalue weighted by Crippen LogP contribution is -2.58. The number of aromatic hydroxyl groups is 1. The fourth-order valence-electron chi connectivity index (χ4n) is 8.17. The van der Waals surface area contributed by atoms with Gasteiger partial charge in [-0.1, -0.05) is 90.5 Å². The molecule has 3 aromatic rings. The molecule has 1 heterocycles. The predicted octanol–water partition coefficient (Wildman–Crippen LogP) is 4.30. The lowest BCUT2D eigenvalue weighted by Gasteiger charge is -2.55. The van der Waals surface area contributed by atoms with E-state index in [0.29, 0.717) is 27.2 Å². The van der Waals surface area contributed by atoms with Crippen LogP contribution in [0.1, 0.15) is 35.4 Å². The van der Waals surface area contributed by atoms with Crippen LogP contribution in [-0.2, 0) is 24.6 Å². The van der Waals surface area contributed by atoms with Crippen LogP contribution in [0, 0.1) is 23.7 Å². The minimum Gasteiger partial charge on any atom is -0.508 e. The van der Waals surface area contributed by atoms with Gasteiger partial charge in [-0.25, -0.2) is 4.79 Å². The number of phenols is 1. The summed E-state index contributed by atoms with van der Waals surface area (Å²) in [4.78, 5) is 69.0. The van der Waals surface area contributed by atoms with Crippen molar-refractivity contribution in [3.63, 3.8) is 0 Å². The number of hydrogen-bond donors (Lipinski definition) is 2. The zero-order valence-corrected chi connectivity index (χ0v) is 23.1. The van der Waals surface area contributed by atoms with E-state index in [9.17, 15) is 29.1 Å². The van der Waals surface area contributed by atoms with E-state index < -0.39 is 52.8 Å². The third-order valence-corrected chi connectivity index (χ3v) is 9.84. The number of primary amides is 1. The van der Waals surface area contributed by atoms with Crippen LogP contribution >= 0.6 is 0 Å². The number of allylic oxidation sites excluding steroid dienone is 4. The molecule has 0 spiro atoms. The molecular formula is C35H28N2O6. The van der Waals surface area contributed by atoms with Crippen LogP contribution in [0.4, 0.5) is 4.79 Å². The largest absolute Gasteiger partial charge is 0.508 e. The smallest absolute Gasteiger partial charge is 0.328 e. The van der Waals surface area contributed by atoms with Crippen LogP contribution in [0.3, 0.4) is 0 Å². The molecule has 2 fully saturated rings. The first-order valence-electron chi connectivity index (χ1n) is 14.3. The number of hydrogen-bond acceptors (Lipinski definition) is 6. The van der Waals surface area contributed by atoms with Crippen molar-refractivity contribution in [2.75, 3.05) is 0 Å². The van der Waals surface area contributed by atoms with Crippen LogP contribution in [0.25, 0.3) is 5.57 Å². The van der Waals surface area contributed by atoms with Gasteiger partial charge in [0.2, 0.25) is 11.8 Å². The highest BCUT2D eigenvalue weighted by molar-refractivity contribution is 6.31. The molecule has 0 aromatic heterocycles. The number of imide groups is 3. The number of amides is 4. The highest BCUT2D eigenvalue weighted by atomic mass is 16.3. The molecule has 0 radical (unpaired) electrons. The number of carbonyl (C=O) groups excluding carboxylic acids is 5. The summed E-state index contributed by atoms with van der Waals surface area (Å²) in [6.07, 6.45) is 3.57. The predicted molar refractivity (Wildman–Crippen MR) is 156 cm³/mol. The molecule has 1 aliphatic heterocycles. The number of rotatable bonds is 3. The average Bonchev–Trinajstić information content (AvgIpc) is 3.28. The molecular weight excluding hydrogens is 544 g/mol. The summed E-state index contributed by atoms with van der Waals surface area (Å²) in [5, 5.41) is 11.3. The molecule has 3 aromatic carbocycles. The van der Waals surface area contributed by atoms with Gasteiger partial charge in [0.15, 0.2) is 11.6 Å². The Balaban J connectivity index is 1.52. The van der Waals surface area contributed by atoms with Crippen molar-refractivity contribution in [3.8, 4) is 5.75 Å². The van der Waals surface area contributed by atoms with E-state index in [4.69, 9.17) is 5.73 Å². The fourth-order valence-corrected chi connectivity index (χ4v) is 8.17. The monoisotopic (exact) mass is 572 g/mol. The second-order valence-electron chi connectivity index (χ2n) is 11.7. The molecule has 3 N–H and O–H groups in total. The molecule has 8 nitrogen and oxygen atoms in total. The Morgan fingerprint density at radius 3 is 2.16 bits per heavy atom. The number of para-hydroxylation sites is 1. The first kappa shape index (κ1) is 26.8. The van der Waals surface area contributed by atoms with Gasteiger partial charge in [-0.3, -0.25) is 19.2 Å². The van der Waals surface area contributed by atoms with Crippen LogP contribution in [0.5, 0.6) is 5.75 Å². The van der Waals surface area contributed by atoms with Crippen molar-refractivity contribution in [1.29, 1.82) is 0 Å². The molecule has 3 aliphatic carbocycles. The van der Waals surface area contributed by atoms with Crippen molar-refractivity contribution in [3.05, 3.63) is 119 Å². The number of nitrogens with two attached hydrogens (primary N) is 1. The highest BCUT2D eigenvalue weighted by Crippen LogP contribution is 2.64. The van der Waals surface area contributed by atoms with E-state index in [1.54, 1.807) is 42.5 Å².